The number of nitrogens with two attached hydrogens (primary N) is 1. The predicted octanol–water partition coefficient (Wildman–Crippen LogP) is 3.78. The second-order valence-electron chi connectivity index (χ2n) is 6.34. The molecule has 1 heterocycles. The van der Waals surface area contributed by atoms with Crippen molar-refractivity contribution in [3.63, 3.8) is 0 Å². The zero-order valence-electron chi connectivity index (χ0n) is 15.0. The summed E-state index contributed by atoms with van der Waals surface area (Å²) < 4.78 is 0. The minimum atomic E-state index is 0.479. The van der Waals surface area contributed by atoms with Crippen LogP contribution in [0.25, 0.3) is 0 Å². The number of nitrogens with one attached hydrogen (secondary N) is 1. The number of piperidine rings is 1. The summed E-state index contributed by atoms with van der Waals surface area (Å²) in [6, 6.07) is 0.479. The van der Waals surface area contributed by atoms with Gasteiger partial charge in [0.05, 0.1) is 0 Å². The molecule has 1 aliphatic rings. The summed E-state index contributed by atoms with van der Waals surface area (Å²) in [7, 11) is 0. The van der Waals surface area contributed by atoms with Crippen LogP contribution in [0.15, 0.2) is 0 Å². The van der Waals surface area contributed by atoms with Crippen LogP contribution in [0.5, 0.6) is 0 Å². The number of hydrogen-bond acceptors (Lipinski definition) is 3. The molecule has 0 bridgehead atoms. The Kier molecular flexibility index (Phi) is 16.2. The van der Waals surface area contributed by atoms with E-state index in [1.165, 1.54) is 90.5 Å². The average Bonchev–Trinajstić information content (AvgIpc) is 2.50. The Morgan fingerprint density at radius 2 is 1.38 bits per heavy atom. The Labute approximate surface area is 134 Å². The van der Waals surface area contributed by atoms with Gasteiger partial charge in [0, 0.05) is 6.04 Å². The number of nitrogens with zero attached hydrogens (tertiary/aromatic N) is 1. The Morgan fingerprint density at radius 1 is 0.857 bits per heavy atom. The molecule has 1 fully saturated rings. The van der Waals surface area contributed by atoms with Gasteiger partial charge in [0.25, 0.3) is 0 Å². The monoisotopic (exact) mass is 299 g/mol. The predicted molar refractivity (Wildman–Crippen MR) is 95.9 cm³/mol. The molecule has 0 aromatic heterocycles. The summed E-state index contributed by atoms with van der Waals surface area (Å²) in [4.78, 5) is 2.55. The molecule has 0 aromatic rings. The average molecular weight is 300 g/mol. The van der Waals surface area contributed by atoms with Crippen LogP contribution in [0, 0.1) is 0 Å². The van der Waals surface area contributed by atoms with Crippen molar-refractivity contribution >= 4 is 0 Å². The molecule has 0 spiro atoms. The normalized spacial score (nSPS) is 16.6. The van der Waals surface area contributed by atoms with E-state index in [9.17, 15) is 0 Å². The highest BCUT2D eigenvalue weighted by molar-refractivity contribution is 4.73. The van der Waals surface area contributed by atoms with Crippen molar-refractivity contribution in [1.82, 2.24) is 10.2 Å². The van der Waals surface area contributed by atoms with E-state index in [0.717, 1.165) is 0 Å². The third-order valence-corrected chi connectivity index (χ3v) is 4.12. The van der Waals surface area contributed by atoms with Gasteiger partial charge in [-0.15, -0.1) is 0 Å². The van der Waals surface area contributed by atoms with E-state index in [0.29, 0.717) is 6.04 Å². The van der Waals surface area contributed by atoms with Crippen molar-refractivity contribution < 1.29 is 0 Å². The zero-order valence-corrected chi connectivity index (χ0v) is 15.0. The van der Waals surface area contributed by atoms with E-state index < -0.39 is 0 Å². The lowest BCUT2D eigenvalue weighted by atomic mass is 10.1. The van der Waals surface area contributed by atoms with Crippen molar-refractivity contribution in [1.29, 1.82) is 0 Å². The molecule has 0 amide bonds. The molecule has 1 saturated heterocycles. The molecular formula is C18H41N3. The maximum atomic E-state index is 5.83. The van der Waals surface area contributed by atoms with Gasteiger partial charge in [-0.2, -0.15) is 0 Å². The van der Waals surface area contributed by atoms with E-state index >= 15 is 0 Å². The van der Waals surface area contributed by atoms with Crippen LogP contribution in [0.2, 0.25) is 0 Å². The first-order chi connectivity index (χ1) is 10.2. The molecular weight excluding hydrogens is 258 g/mol. The highest BCUT2D eigenvalue weighted by Crippen LogP contribution is 2.09. The number of unbranched alkanes of at least 4 members (excludes halogenated alkanes) is 4. The molecule has 0 atom stereocenters. The fraction of sp³-hybridized carbons (Fsp3) is 1.00. The van der Waals surface area contributed by atoms with Crippen LogP contribution in [0.3, 0.4) is 0 Å². The molecule has 128 valence electrons. The first-order valence-electron chi connectivity index (χ1n) is 9.43. The summed E-state index contributed by atoms with van der Waals surface area (Å²) in [5, 5.41) is 3.39. The van der Waals surface area contributed by atoms with E-state index in [2.05, 4.69) is 31.0 Å². The lowest BCUT2D eigenvalue weighted by molar-refractivity contribution is 0.209. The third-order valence-electron chi connectivity index (χ3n) is 4.12. The van der Waals surface area contributed by atoms with Gasteiger partial charge in [-0.1, -0.05) is 46.5 Å². The van der Waals surface area contributed by atoms with Crippen LogP contribution in [0.1, 0.15) is 78.6 Å². The molecule has 3 nitrogen and oxygen atoms in total. The van der Waals surface area contributed by atoms with Crippen molar-refractivity contribution in [3.05, 3.63) is 0 Å². The van der Waals surface area contributed by atoms with E-state index in [-0.39, 0.29) is 0 Å². The Balaban J connectivity index is 0.000000400. The van der Waals surface area contributed by atoms with Gasteiger partial charge in [0.2, 0.25) is 0 Å². The van der Waals surface area contributed by atoms with Crippen molar-refractivity contribution in [2.45, 2.75) is 84.6 Å². The molecule has 3 N–H and O–H groups in total. The third kappa shape index (κ3) is 14.6. The first-order valence-corrected chi connectivity index (χ1v) is 9.43. The van der Waals surface area contributed by atoms with E-state index in [1.54, 1.807) is 0 Å². The standard InChI is InChI=1S/C10H22N2.C8H19N/c1-2-3-4-7-12-8-5-10(11)6-9-12;1-3-5-7-9-8-6-4-2/h10H,2-9,11H2,1H3;9H,3-8H2,1-2H3. The fourth-order valence-corrected chi connectivity index (χ4v) is 2.49. The Bertz CT molecular complexity index is 183. The molecule has 0 saturated carbocycles. The van der Waals surface area contributed by atoms with Gasteiger partial charge >= 0.3 is 0 Å². The maximum absolute atomic E-state index is 5.83. The summed E-state index contributed by atoms with van der Waals surface area (Å²) in [5.41, 5.74) is 5.83. The second kappa shape index (κ2) is 16.3. The minimum absolute atomic E-state index is 0.479. The lowest BCUT2D eigenvalue weighted by Crippen LogP contribution is -2.39. The molecule has 1 rings (SSSR count). The van der Waals surface area contributed by atoms with Crippen LogP contribution < -0.4 is 11.1 Å². The summed E-state index contributed by atoms with van der Waals surface area (Å²) in [6.07, 6.45) is 11.7. The SMILES string of the molecule is CCCCCN1CCC(N)CC1.CCCCNCCCC. The van der Waals surface area contributed by atoms with Crippen molar-refractivity contribution in [2.24, 2.45) is 5.73 Å². The zero-order chi connectivity index (χ0) is 15.8. The molecule has 21 heavy (non-hydrogen) atoms. The van der Waals surface area contributed by atoms with E-state index in [1.807, 2.05) is 0 Å². The molecule has 3 heteroatoms. The van der Waals surface area contributed by atoms with E-state index in [4.69, 9.17) is 5.73 Å². The highest BCUT2D eigenvalue weighted by atomic mass is 15.1. The molecule has 0 aliphatic carbocycles. The largest absolute Gasteiger partial charge is 0.328 e. The quantitative estimate of drug-likeness (QED) is 0.603. The topological polar surface area (TPSA) is 41.3 Å². The summed E-state index contributed by atoms with van der Waals surface area (Å²) >= 11 is 0. The van der Waals surface area contributed by atoms with Gasteiger partial charge in [0.15, 0.2) is 0 Å². The smallest absolute Gasteiger partial charge is 0.00631 e. The van der Waals surface area contributed by atoms with Crippen LogP contribution in [-0.2, 0) is 0 Å². The van der Waals surface area contributed by atoms with Gasteiger partial charge in [0.1, 0.15) is 0 Å². The van der Waals surface area contributed by atoms with Gasteiger partial charge in [-0.05, 0) is 64.8 Å². The number of hydrogen-bond donors (Lipinski definition) is 2. The molecule has 0 unspecified atom stereocenters. The van der Waals surface area contributed by atoms with Gasteiger partial charge < -0.3 is 16.0 Å². The van der Waals surface area contributed by atoms with Crippen LogP contribution in [-0.4, -0.2) is 43.7 Å². The number of rotatable bonds is 10. The fourth-order valence-electron chi connectivity index (χ4n) is 2.49. The van der Waals surface area contributed by atoms with Crippen LogP contribution in [0.4, 0.5) is 0 Å². The molecule has 1 aliphatic heterocycles. The first kappa shape index (κ1) is 20.9. The Morgan fingerprint density at radius 3 is 1.86 bits per heavy atom. The highest BCUT2D eigenvalue weighted by Gasteiger charge is 2.14. The second-order valence-corrected chi connectivity index (χ2v) is 6.34. The van der Waals surface area contributed by atoms with Crippen LogP contribution >= 0.6 is 0 Å². The minimum Gasteiger partial charge on any atom is -0.328 e. The maximum Gasteiger partial charge on any atom is 0.00631 e. The Hall–Kier alpha value is -0.120. The van der Waals surface area contributed by atoms with Gasteiger partial charge in [-0.25, -0.2) is 0 Å². The van der Waals surface area contributed by atoms with Crippen molar-refractivity contribution in [3.8, 4) is 0 Å². The molecule has 0 aromatic carbocycles. The molecule has 0 radical (unpaired) electrons. The summed E-state index contributed by atoms with van der Waals surface area (Å²) in [6.45, 7) is 12.9. The number of likely N-dealkylation sites (tertiary alicyclic amines) is 1. The van der Waals surface area contributed by atoms with Crippen molar-refractivity contribution in [2.75, 3.05) is 32.7 Å². The lowest BCUT2D eigenvalue weighted by Gasteiger charge is -2.29. The summed E-state index contributed by atoms with van der Waals surface area (Å²) in [5.74, 6) is 0. The van der Waals surface area contributed by atoms with Gasteiger partial charge in [-0.3, -0.25) is 0 Å².